The summed E-state index contributed by atoms with van der Waals surface area (Å²) in [7, 11) is 7.57. The van der Waals surface area contributed by atoms with Crippen molar-refractivity contribution in [2.45, 2.75) is 47.2 Å². The number of aromatic carboxylic acids is 2. The van der Waals surface area contributed by atoms with Crippen molar-refractivity contribution in [2.75, 3.05) is 48.6 Å². The fourth-order valence-electron chi connectivity index (χ4n) is 6.70. The number of terminal acetylenes is 1. The molecule has 8 rings (SSSR count). The second-order valence-corrected chi connectivity index (χ2v) is 23.4. The van der Waals surface area contributed by atoms with Gasteiger partial charge in [0.25, 0.3) is 17.0 Å². The predicted octanol–water partition coefficient (Wildman–Crippen LogP) is 9.89. The summed E-state index contributed by atoms with van der Waals surface area (Å²) in [5.74, 6) is -2.30. The van der Waals surface area contributed by atoms with Crippen LogP contribution < -0.4 is 41.0 Å². The Balaban J connectivity index is -0.000000489. The molecule has 1 amide bonds. The standard InChI is InChI=1S/C12H16INO3.C11H8N2O.C10H8INO.C9H9IO2.C8H7IO2.C7H5IO3.C4H11NO2.C2H2.CN.Cu.Li.H2O/c1-8-6-9(4-5-10(8)13)12(15)14-7-11(16-2)17-3;1-7-5-9-8(6-10(7)12-2)3-4-13-11(9)14;1-6-4-8-7(5-9(6)11)2-3-12-10(8)13;1-6-5-7(9(11)12-2)3-4-8(6)10;1-5-4-6(8(10)11)2-3-7(5)9;8-5-2-1-4(7(10)11)3-6(5)9;1-6-4(3-5)7-2;2*1-2;;;/h4-6,11H,7H2,1-3H3,(H,14,15);3-6H,1H3,(H,13,14);2-5H,1H3,(H,12,13);3-5H,1-2H3;2-4H,1H3,(H,10,11);1-3,9H,(H,10,11);4H,3,5H2,1-2H3;1-2H;;;;1H2/q;;;;;;;;-1;2*+1;/p-1. The van der Waals surface area contributed by atoms with E-state index in [-0.39, 0.29) is 82.0 Å². The number of halogens is 5. The fraction of sp³-hybridized carbons (Fsp3) is 0.219. The Kier molecular flexibility index (Phi) is 51.4. The number of carbonyl (C=O) groups excluding carboxylic acids is 2. The van der Waals surface area contributed by atoms with E-state index in [0.29, 0.717) is 44.4 Å². The van der Waals surface area contributed by atoms with Gasteiger partial charge in [-0.15, -0.1) is 12.8 Å². The van der Waals surface area contributed by atoms with E-state index in [2.05, 4.69) is 128 Å². The summed E-state index contributed by atoms with van der Waals surface area (Å²) in [5, 5.41) is 38.4. The molecular weight excluding hydrogens is 1800 g/mol. The molecule has 0 radical (unpaired) electrons. The van der Waals surface area contributed by atoms with E-state index in [9.17, 15) is 28.8 Å². The van der Waals surface area contributed by atoms with Crippen molar-refractivity contribution in [1.29, 1.82) is 5.26 Å². The van der Waals surface area contributed by atoms with E-state index in [1.165, 1.54) is 37.0 Å². The summed E-state index contributed by atoms with van der Waals surface area (Å²) in [6, 6.07) is 31.6. The van der Waals surface area contributed by atoms with Crippen molar-refractivity contribution in [1.82, 2.24) is 15.3 Å². The molecule has 9 N–H and O–H groups in total. The third-order valence-corrected chi connectivity index (χ3v) is 17.2. The van der Waals surface area contributed by atoms with Gasteiger partial charge in [-0.25, -0.2) is 19.2 Å². The number of phenolic OH excluding ortho intramolecular Hbond substituents is 1. The number of ether oxygens (including phenoxy) is 5. The van der Waals surface area contributed by atoms with Crippen molar-refractivity contribution < 1.29 is 99.6 Å². The van der Waals surface area contributed by atoms with Gasteiger partial charge in [0.1, 0.15) is 5.75 Å². The van der Waals surface area contributed by atoms with Gasteiger partial charge >= 0.3 is 53.8 Å². The maximum absolute atomic E-state index is 11.8. The number of aromatic amines is 2. The van der Waals surface area contributed by atoms with Gasteiger partial charge in [-0.05, 0) is 289 Å². The first-order chi connectivity index (χ1) is 42.2. The molecule has 28 heteroatoms. The third kappa shape index (κ3) is 33.0. The van der Waals surface area contributed by atoms with Crippen molar-refractivity contribution >= 4 is 164 Å². The Labute approximate surface area is 625 Å². The molecule has 21 nitrogen and oxygen atoms in total. The number of carboxylic acids is 2. The van der Waals surface area contributed by atoms with Crippen LogP contribution in [0.5, 0.6) is 5.75 Å². The van der Waals surface area contributed by atoms with Crippen LogP contribution >= 0.6 is 113 Å². The topological polar surface area (TPSA) is 337 Å². The van der Waals surface area contributed by atoms with E-state index in [1.54, 1.807) is 81.2 Å². The Hall–Kier alpha value is -5.51. The monoisotopic (exact) mass is 1860 g/mol. The molecule has 0 saturated carbocycles. The fourth-order valence-corrected chi connectivity index (χ4v) is 8.53. The van der Waals surface area contributed by atoms with E-state index in [0.717, 1.165) is 54.7 Å². The number of carbonyl (C=O) groups is 4. The first-order valence-electron chi connectivity index (χ1n) is 25.4. The van der Waals surface area contributed by atoms with E-state index >= 15 is 0 Å². The van der Waals surface area contributed by atoms with Gasteiger partial charge in [0.2, 0.25) is 0 Å². The molecule has 0 bridgehead atoms. The van der Waals surface area contributed by atoms with Crippen molar-refractivity contribution in [2.24, 2.45) is 5.73 Å². The number of aromatic nitrogens is 2. The maximum atomic E-state index is 11.8. The Bertz CT molecular complexity index is 3770. The van der Waals surface area contributed by atoms with Gasteiger partial charge in [0, 0.05) is 78.0 Å². The molecule has 0 atom stereocenters. The average molecular weight is 1870 g/mol. The van der Waals surface area contributed by atoms with Crippen molar-refractivity contribution in [3.05, 3.63) is 228 Å². The number of phenols is 1. The van der Waals surface area contributed by atoms with Crippen LogP contribution in [0, 0.1) is 83.7 Å². The van der Waals surface area contributed by atoms with Crippen LogP contribution in [0.3, 0.4) is 0 Å². The van der Waals surface area contributed by atoms with Crippen LogP contribution in [0.15, 0.2) is 131 Å². The van der Waals surface area contributed by atoms with Crippen molar-refractivity contribution in [3.8, 4) is 18.6 Å². The number of aromatic hydroxyl groups is 1. The zero-order chi connectivity index (χ0) is 68.1. The van der Waals surface area contributed by atoms with Gasteiger partial charge < -0.3 is 77.3 Å². The van der Waals surface area contributed by atoms with Crippen LogP contribution in [0.25, 0.3) is 26.4 Å². The number of nitrogens with one attached hydrogen (secondary N) is 3. The van der Waals surface area contributed by atoms with Crippen LogP contribution in [0.1, 0.15) is 69.2 Å². The summed E-state index contributed by atoms with van der Waals surface area (Å²) in [6.07, 6.45) is 10.6. The molecule has 6 aromatic carbocycles. The number of benzene rings is 6. The summed E-state index contributed by atoms with van der Waals surface area (Å²) in [5.41, 5.74) is 12.5. The molecule has 0 unspecified atom stereocenters. The molecule has 2 aromatic heterocycles. The minimum Gasteiger partial charge on any atom is -0.870 e. The number of amides is 1. The summed E-state index contributed by atoms with van der Waals surface area (Å²) >= 11 is 10.8. The van der Waals surface area contributed by atoms with Crippen LogP contribution in [0.4, 0.5) is 5.69 Å². The summed E-state index contributed by atoms with van der Waals surface area (Å²) < 4.78 is 29.2. The smallest absolute Gasteiger partial charge is 0.870 e. The number of hydrogen-bond donors (Lipinski definition) is 7. The number of hydrogen-bond acceptors (Lipinski definition) is 15. The van der Waals surface area contributed by atoms with E-state index in [4.69, 9.17) is 58.4 Å². The number of nitrogens with two attached hydrogens (primary N) is 1. The molecule has 92 heavy (non-hydrogen) atoms. The molecule has 0 aliphatic rings. The molecule has 0 saturated heterocycles. The first kappa shape index (κ1) is 92.9. The molecule has 490 valence electrons. The van der Waals surface area contributed by atoms with Gasteiger partial charge in [-0.3, -0.25) is 14.4 Å². The number of carboxylic acid groups (broad SMARTS) is 2. The van der Waals surface area contributed by atoms with Gasteiger partial charge in [-0.1, -0.05) is 6.07 Å². The molecule has 0 aliphatic heterocycles. The number of H-pyrrole nitrogens is 2. The number of aryl methyl sites for hydroxylation is 5. The summed E-state index contributed by atoms with van der Waals surface area (Å²) in [4.78, 5) is 75.1. The minimum absolute atomic E-state index is 0. The summed E-state index contributed by atoms with van der Waals surface area (Å²) in [6.45, 7) is 22.1. The SMILES string of the molecule is C#C.COC(=O)c1ccc(I)c(C)c1.COC(CN)OC.COC(CNC(=O)c1ccc(I)c(C)c1)OC.Cc1cc(C(=O)O)ccc1I.Cc1cc2c(=O)[nH]ccc2cc1I.O=C(O)c1ccc(I)c(O)c1.[C-]#N.[C-]#[N+]c1cc2cc[nH]c(=O)c2cc1C.[Cu+].[Li+].[OH-]. The number of fused-ring (bicyclic) bond motifs is 2. The normalized spacial score (nSPS) is 9.36. The Morgan fingerprint density at radius 2 is 0.946 bits per heavy atom. The zero-order valence-corrected chi connectivity index (χ0v) is 63.4. The molecular formula is C64H67CuI5LiN6O15. The van der Waals surface area contributed by atoms with Crippen molar-refractivity contribution in [3.63, 3.8) is 0 Å². The number of nitrogens with zero attached hydrogens (tertiary/aromatic N) is 2. The Morgan fingerprint density at radius 1 is 0.576 bits per heavy atom. The van der Waals surface area contributed by atoms with Crippen LogP contribution in [-0.4, -0.2) is 116 Å². The quantitative estimate of drug-likeness (QED) is 0.0158. The average Bonchev–Trinajstić information content (AvgIpc) is 1.38. The predicted molar refractivity (Wildman–Crippen MR) is 389 cm³/mol. The first-order valence-corrected chi connectivity index (χ1v) is 30.8. The maximum Gasteiger partial charge on any atom is 1.00 e. The molecule has 2 heterocycles. The number of esters is 1. The third-order valence-electron chi connectivity index (χ3n) is 11.5. The minimum atomic E-state index is -1.03. The van der Waals surface area contributed by atoms with Gasteiger partial charge in [0.15, 0.2) is 18.3 Å². The molecule has 0 fully saturated rings. The molecule has 0 aliphatic carbocycles. The number of rotatable bonds is 11. The van der Waals surface area contributed by atoms with Crippen LogP contribution in [-0.2, 0) is 40.8 Å². The Morgan fingerprint density at radius 3 is 1.33 bits per heavy atom. The molecule has 8 aromatic rings. The number of methoxy groups -OCH3 is 5. The number of pyridine rings is 2. The second-order valence-electron chi connectivity index (χ2n) is 17.5. The van der Waals surface area contributed by atoms with Gasteiger partial charge in [-0.2, -0.15) is 0 Å². The van der Waals surface area contributed by atoms with Crippen LogP contribution in [0.2, 0.25) is 0 Å². The second kappa shape index (κ2) is 50.9. The van der Waals surface area contributed by atoms with E-state index < -0.39 is 18.2 Å². The molecule has 0 spiro atoms. The van der Waals surface area contributed by atoms with E-state index in [1.807, 2.05) is 99.7 Å². The van der Waals surface area contributed by atoms with Gasteiger partial charge in [0.05, 0.1) is 40.5 Å². The zero-order valence-electron chi connectivity index (χ0n) is 51.7. The largest absolute Gasteiger partial charge is 1.00 e.